The molecule has 0 aliphatic carbocycles. The third kappa shape index (κ3) is 5.64. The van der Waals surface area contributed by atoms with E-state index in [1.807, 2.05) is 0 Å². The molecular formula is C26H20Cl2F5N5O6. The number of rotatable bonds is 6. The van der Waals surface area contributed by atoms with Crippen molar-refractivity contribution in [1.82, 2.24) is 24.5 Å². The van der Waals surface area contributed by atoms with E-state index < -0.39 is 82.8 Å². The average Bonchev–Trinajstić information content (AvgIpc) is 3.55. The number of ether oxygens (including phenoxy) is 1. The zero-order valence-corrected chi connectivity index (χ0v) is 23.6. The van der Waals surface area contributed by atoms with Gasteiger partial charge in [-0.25, -0.2) is 23.2 Å². The Hall–Kier alpha value is -3.67. The van der Waals surface area contributed by atoms with Crippen molar-refractivity contribution in [3.63, 3.8) is 0 Å². The van der Waals surface area contributed by atoms with Gasteiger partial charge in [0.05, 0.1) is 17.9 Å². The topological polar surface area (TPSA) is 156 Å². The van der Waals surface area contributed by atoms with Gasteiger partial charge in [0.2, 0.25) is 0 Å². The minimum absolute atomic E-state index is 0.0477. The molecule has 0 saturated carbocycles. The smallest absolute Gasteiger partial charge is 0.418 e. The highest BCUT2D eigenvalue weighted by Crippen LogP contribution is 2.41. The van der Waals surface area contributed by atoms with E-state index in [0.29, 0.717) is 0 Å². The van der Waals surface area contributed by atoms with Gasteiger partial charge in [-0.1, -0.05) is 23.2 Å². The number of benzene rings is 2. The molecule has 1 aliphatic rings. The van der Waals surface area contributed by atoms with Gasteiger partial charge < -0.3 is 25.2 Å². The number of aliphatic hydroxyl groups is 3. The molecule has 234 valence electrons. The third-order valence-electron chi connectivity index (χ3n) is 6.91. The van der Waals surface area contributed by atoms with E-state index in [-0.39, 0.29) is 27.8 Å². The zero-order chi connectivity index (χ0) is 32.2. The summed E-state index contributed by atoms with van der Waals surface area (Å²) < 4.78 is 77.5. The van der Waals surface area contributed by atoms with Crippen molar-refractivity contribution in [2.45, 2.75) is 43.6 Å². The van der Waals surface area contributed by atoms with Gasteiger partial charge in [-0.05, 0) is 42.8 Å². The molecule has 4 aromatic rings. The number of aromatic nitrogens is 5. The summed E-state index contributed by atoms with van der Waals surface area (Å²) in [6.45, 7) is 0.485. The van der Waals surface area contributed by atoms with Crippen molar-refractivity contribution >= 4 is 29.2 Å². The Morgan fingerprint density at radius 1 is 1.07 bits per heavy atom. The number of aryl methyl sites for hydroxylation is 1. The summed E-state index contributed by atoms with van der Waals surface area (Å²) in [4.78, 5) is 16.2. The quantitative estimate of drug-likeness (QED) is 0.176. The summed E-state index contributed by atoms with van der Waals surface area (Å²) in [5.41, 5.74) is -3.08. The standard InChI is InChI=1S/C26H20Cl2F5N5O6/c1-9-34-24(38(35-9)16-6-11(27)2-3-13(16)26(31,32)33)23-22(41)20(21(40)17(8-39)44-23)37-7-12(19(36-37)25(42)43)10-4-14(29)18(28)15(30)5-10/h2-7,17,20-23,39-41H,8H2,1H3,(H,42,43)/t17?,20-,21-,22?,23+/m0/s1. The first-order valence-electron chi connectivity index (χ1n) is 12.5. The molecule has 11 nitrogen and oxygen atoms in total. The number of hydrogen-bond donors (Lipinski definition) is 4. The van der Waals surface area contributed by atoms with Crippen LogP contribution in [-0.2, 0) is 10.9 Å². The maximum Gasteiger partial charge on any atom is 0.418 e. The van der Waals surface area contributed by atoms with Crippen LogP contribution in [0.15, 0.2) is 36.5 Å². The summed E-state index contributed by atoms with van der Waals surface area (Å²) in [6, 6.07) is 2.59. The van der Waals surface area contributed by atoms with E-state index >= 15 is 0 Å². The molecule has 0 spiro atoms. The lowest BCUT2D eigenvalue weighted by Crippen LogP contribution is -2.53. The predicted octanol–water partition coefficient (Wildman–Crippen LogP) is 4.14. The number of aliphatic hydroxyl groups excluding tert-OH is 3. The number of carboxylic acid groups (broad SMARTS) is 1. The van der Waals surface area contributed by atoms with Crippen molar-refractivity contribution in [1.29, 1.82) is 0 Å². The molecule has 0 radical (unpaired) electrons. The van der Waals surface area contributed by atoms with Crippen LogP contribution in [-0.4, -0.2) is 75.9 Å². The lowest BCUT2D eigenvalue weighted by Gasteiger charge is -2.42. The third-order valence-corrected chi connectivity index (χ3v) is 7.51. The molecule has 2 aromatic heterocycles. The largest absolute Gasteiger partial charge is 0.476 e. The highest BCUT2D eigenvalue weighted by atomic mass is 35.5. The van der Waals surface area contributed by atoms with Gasteiger partial charge >= 0.3 is 12.1 Å². The fourth-order valence-electron chi connectivity index (χ4n) is 4.97. The fourth-order valence-corrected chi connectivity index (χ4v) is 5.24. The Bertz CT molecular complexity index is 1730. The molecule has 18 heteroatoms. The van der Waals surface area contributed by atoms with Crippen LogP contribution in [0, 0.1) is 18.6 Å². The van der Waals surface area contributed by atoms with E-state index in [4.69, 9.17) is 27.9 Å². The highest BCUT2D eigenvalue weighted by molar-refractivity contribution is 6.31. The molecule has 44 heavy (non-hydrogen) atoms. The van der Waals surface area contributed by atoms with Crippen LogP contribution in [0.3, 0.4) is 0 Å². The SMILES string of the molecule is Cc1nc([C@@H]2OC(CO)[C@H](O)[C@H](n3cc(-c4cc(F)c(Cl)c(F)c4)c(C(=O)O)n3)C2O)n(-c2cc(Cl)ccc2C(F)(F)F)n1. The predicted molar refractivity (Wildman–Crippen MR) is 141 cm³/mol. The lowest BCUT2D eigenvalue weighted by molar-refractivity contribution is -0.210. The Morgan fingerprint density at radius 2 is 1.73 bits per heavy atom. The first-order valence-corrected chi connectivity index (χ1v) is 13.3. The number of carbonyl (C=O) groups is 1. The van der Waals surface area contributed by atoms with E-state index in [0.717, 1.165) is 45.9 Å². The van der Waals surface area contributed by atoms with Crippen molar-refractivity contribution in [2.75, 3.05) is 6.61 Å². The van der Waals surface area contributed by atoms with E-state index in [1.165, 1.54) is 6.92 Å². The maximum absolute atomic E-state index is 14.2. The van der Waals surface area contributed by atoms with Crippen LogP contribution < -0.4 is 0 Å². The summed E-state index contributed by atoms with van der Waals surface area (Å²) in [6.07, 6.45) is -10.8. The van der Waals surface area contributed by atoms with E-state index in [2.05, 4.69) is 15.2 Å². The van der Waals surface area contributed by atoms with Crippen molar-refractivity contribution in [3.8, 4) is 16.8 Å². The van der Waals surface area contributed by atoms with Gasteiger partial charge in [-0.15, -0.1) is 0 Å². The number of alkyl halides is 3. The molecule has 0 bridgehead atoms. The first kappa shape index (κ1) is 31.7. The number of halogens is 7. The Balaban J connectivity index is 1.65. The summed E-state index contributed by atoms with van der Waals surface area (Å²) in [7, 11) is 0. The number of hydrogen-bond acceptors (Lipinski definition) is 8. The van der Waals surface area contributed by atoms with Gasteiger partial charge in [0.25, 0.3) is 0 Å². The molecule has 1 aliphatic heterocycles. The van der Waals surface area contributed by atoms with Crippen molar-refractivity contribution in [3.05, 3.63) is 81.1 Å². The summed E-state index contributed by atoms with van der Waals surface area (Å²) in [5, 5.41) is 49.3. The molecule has 1 fully saturated rings. The monoisotopic (exact) mass is 663 g/mol. The molecular weight excluding hydrogens is 644 g/mol. The van der Waals surface area contributed by atoms with Crippen molar-refractivity contribution in [2.24, 2.45) is 0 Å². The van der Waals surface area contributed by atoms with Crippen LogP contribution in [0.4, 0.5) is 22.0 Å². The molecule has 0 amide bonds. The number of aromatic carboxylic acids is 1. The first-order chi connectivity index (χ1) is 20.6. The second-order valence-electron chi connectivity index (χ2n) is 9.77. The van der Waals surface area contributed by atoms with Gasteiger partial charge in [-0.2, -0.15) is 23.4 Å². The van der Waals surface area contributed by atoms with Crippen molar-refractivity contribution < 1.29 is 51.9 Å². The Labute approximate surface area is 253 Å². The van der Waals surface area contributed by atoms with Crippen LogP contribution in [0.25, 0.3) is 16.8 Å². The second-order valence-corrected chi connectivity index (χ2v) is 10.6. The average molecular weight is 664 g/mol. The van der Waals surface area contributed by atoms with Gasteiger partial charge in [0.15, 0.2) is 11.5 Å². The molecule has 4 N–H and O–H groups in total. The molecule has 1 saturated heterocycles. The van der Waals surface area contributed by atoms with E-state index in [9.17, 15) is 47.2 Å². The minimum atomic E-state index is -4.87. The van der Waals surface area contributed by atoms with Crippen LogP contribution >= 0.6 is 23.2 Å². The molecule has 2 unspecified atom stereocenters. The number of nitrogens with zero attached hydrogens (tertiary/aromatic N) is 5. The number of carboxylic acids is 1. The van der Waals surface area contributed by atoms with Gasteiger partial charge in [0.1, 0.15) is 52.9 Å². The molecule has 5 atom stereocenters. The fraction of sp³-hybridized carbons (Fsp3) is 0.308. The van der Waals surface area contributed by atoms with Crippen LogP contribution in [0.1, 0.15) is 39.8 Å². The van der Waals surface area contributed by atoms with Crippen LogP contribution in [0.5, 0.6) is 0 Å². The van der Waals surface area contributed by atoms with E-state index in [1.54, 1.807) is 0 Å². The van der Waals surface area contributed by atoms with Gasteiger partial charge in [0, 0.05) is 16.8 Å². The molecule has 3 heterocycles. The maximum atomic E-state index is 14.2. The lowest BCUT2D eigenvalue weighted by atomic mass is 9.92. The van der Waals surface area contributed by atoms with Crippen LogP contribution in [0.2, 0.25) is 10.0 Å². The molecule has 5 rings (SSSR count). The zero-order valence-electron chi connectivity index (χ0n) is 22.0. The second kappa shape index (κ2) is 11.7. The minimum Gasteiger partial charge on any atom is -0.476 e. The summed E-state index contributed by atoms with van der Waals surface area (Å²) >= 11 is 11.5. The normalized spacial score (nSPS) is 22.4. The Kier molecular flexibility index (Phi) is 8.43. The summed E-state index contributed by atoms with van der Waals surface area (Å²) in [5.74, 6) is -4.48. The highest BCUT2D eigenvalue weighted by Gasteiger charge is 2.49. The molecule has 2 aromatic carbocycles. The van der Waals surface area contributed by atoms with Gasteiger partial charge in [-0.3, -0.25) is 4.68 Å². The Morgan fingerprint density at radius 3 is 2.32 bits per heavy atom.